The third-order valence-corrected chi connectivity index (χ3v) is 5.58. The Hall–Kier alpha value is -3.24. The molecule has 1 N–H and O–H groups in total. The number of hydroxylamine groups is 3. The molecule has 1 aliphatic rings. The normalized spacial score (nSPS) is 18.6. The maximum Gasteiger partial charge on any atom is 0.368 e. The van der Waals surface area contributed by atoms with Crippen LogP contribution in [0.1, 0.15) is 41.4 Å². The van der Waals surface area contributed by atoms with E-state index in [-0.39, 0.29) is 41.9 Å². The van der Waals surface area contributed by atoms with E-state index in [1.165, 1.54) is 28.6 Å². The van der Waals surface area contributed by atoms with Gasteiger partial charge in [0.15, 0.2) is 12.5 Å². The van der Waals surface area contributed by atoms with Gasteiger partial charge in [-0.05, 0) is 30.5 Å². The summed E-state index contributed by atoms with van der Waals surface area (Å²) >= 11 is 0. The molecular weight excluding hydrogens is 405 g/mol. The third-order valence-electron chi connectivity index (χ3n) is 5.58. The van der Waals surface area contributed by atoms with E-state index in [0.717, 1.165) is 10.8 Å². The minimum Gasteiger partial charge on any atom is -0.624 e. The average molecular weight is 429 g/mol. The van der Waals surface area contributed by atoms with Gasteiger partial charge in [-0.3, -0.25) is 14.0 Å². The summed E-state index contributed by atoms with van der Waals surface area (Å²) in [4.78, 5) is 32.3. The second-order valence-electron chi connectivity index (χ2n) is 8.09. The molecule has 1 amide bonds. The van der Waals surface area contributed by atoms with Crippen LogP contribution in [-0.4, -0.2) is 50.4 Å². The number of fused-ring (bicyclic) bond motifs is 3. The number of benzene rings is 1. The van der Waals surface area contributed by atoms with Gasteiger partial charge in [-0.2, -0.15) is 4.98 Å². The minimum atomic E-state index is -1.19. The molecule has 0 aliphatic carbocycles. The van der Waals surface area contributed by atoms with Crippen LogP contribution in [-0.2, 0) is 13.0 Å². The molecule has 0 radical (unpaired) electrons. The first-order valence-corrected chi connectivity index (χ1v) is 10.1. The molecular formula is C21H24FN5O4. The highest BCUT2D eigenvalue weighted by Gasteiger charge is 2.40. The van der Waals surface area contributed by atoms with Gasteiger partial charge in [-0.1, -0.05) is 25.5 Å². The fourth-order valence-electron chi connectivity index (χ4n) is 3.97. The second kappa shape index (κ2) is 7.47. The van der Waals surface area contributed by atoms with Gasteiger partial charge in [-0.25, -0.2) is 13.6 Å². The smallest absolute Gasteiger partial charge is 0.368 e. The van der Waals surface area contributed by atoms with E-state index in [2.05, 4.69) is 4.98 Å². The van der Waals surface area contributed by atoms with Crippen LogP contribution in [0.5, 0.6) is 5.88 Å². The highest BCUT2D eigenvalue weighted by molar-refractivity contribution is 5.95. The third kappa shape index (κ3) is 3.37. The van der Waals surface area contributed by atoms with E-state index >= 15 is 0 Å². The molecule has 3 heterocycles. The number of aromatic nitrogens is 3. The van der Waals surface area contributed by atoms with Crippen molar-refractivity contribution in [3.63, 3.8) is 0 Å². The first-order valence-electron chi connectivity index (χ1n) is 10.1. The number of unbranched alkanes of at least 4 members (excludes halogenated alkanes) is 1. The SMILES string of the molecule is CCCCc1c(O)n(Cc2ccc(F)cc2)c2nc3c(n2c1=O)C(=O)[N+](C)([O-])CN3C. The molecule has 9 nitrogen and oxygen atoms in total. The molecule has 0 saturated carbocycles. The largest absolute Gasteiger partial charge is 0.624 e. The van der Waals surface area contributed by atoms with Gasteiger partial charge in [0.1, 0.15) is 5.82 Å². The first kappa shape index (κ1) is 21.0. The molecule has 0 fully saturated rings. The van der Waals surface area contributed by atoms with Crippen LogP contribution in [0, 0.1) is 11.0 Å². The predicted octanol–water partition coefficient (Wildman–Crippen LogP) is 2.22. The van der Waals surface area contributed by atoms with Crippen LogP contribution in [0.25, 0.3) is 5.78 Å². The molecule has 31 heavy (non-hydrogen) atoms. The molecule has 4 rings (SSSR count). The van der Waals surface area contributed by atoms with Crippen molar-refractivity contribution in [3.8, 4) is 5.88 Å². The van der Waals surface area contributed by atoms with Crippen molar-refractivity contribution in [3.05, 3.63) is 62.5 Å². The van der Waals surface area contributed by atoms with E-state index in [9.17, 15) is 24.3 Å². The van der Waals surface area contributed by atoms with E-state index in [4.69, 9.17) is 0 Å². The lowest BCUT2D eigenvalue weighted by Gasteiger charge is -2.41. The number of hydrogen-bond acceptors (Lipinski definition) is 6. The fourth-order valence-corrected chi connectivity index (χ4v) is 3.97. The van der Waals surface area contributed by atoms with Crippen LogP contribution in [0.2, 0.25) is 0 Å². The zero-order chi connectivity index (χ0) is 22.5. The number of anilines is 1. The number of rotatable bonds is 5. The molecule has 3 aromatic rings. The van der Waals surface area contributed by atoms with Crippen molar-refractivity contribution in [1.82, 2.24) is 14.0 Å². The van der Waals surface area contributed by atoms with Crippen molar-refractivity contribution >= 4 is 17.5 Å². The summed E-state index contributed by atoms with van der Waals surface area (Å²) in [6.45, 7) is 1.92. The number of aromatic hydroxyl groups is 1. The van der Waals surface area contributed by atoms with Gasteiger partial charge in [0, 0.05) is 7.05 Å². The Balaban J connectivity index is 2.02. The highest BCUT2D eigenvalue weighted by atomic mass is 19.1. The van der Waals surface area contributed by atoms with Gasteiger partial charge < -0.3 is 15.2 Å². The Bertz CT molecular complexity index is 1230. The molecule has 164 valence electrons. The lowest BCUT2D eigenvalue weighted by Crippen LogP contribution is -2.54. The highest BCUT2D eigenvalue weighted by Crippen LogP contribution is 2.31. The zero-order valence-electron chi connectivity index (χ0n) is 17.6. The van der Waals surface area contributed by atoms with Crippen LogP contribution in [0.4, 0.5) is 10.2 Å². The van der Waals surface area contributed by atoms with Gasteiger partial charge in [0.2, 0.25) is 17.4 Å². The molecule has 0 saturated heterocycles. The number of carbonyl (C=O) groups is 1. The summed E-state index contributed by atoms with van der Waals surface area (Å²) in [6, 6.07) is 5.75. The Kier molecular flexibility index (Phi) is 5.06. The van der Waals surface area contributed by atoms with Crippen LogP contribution >= 0.6 is 0 Å². The van der Waals surface area contributed by atoms with E-state index in [1.807, 2.05) is 6.92 Å². The minimum absolute atomic E-state index is 0.0548. The number of halogens is 1. The first-order chi connectivity index (χ1) is 14.7. The number of imidazole rings is 1. The van der Waals surface area contributed by atoms with E-state index in [0.29, 0.717) is 18.4 Å². The van der Waals surface area contributed by atoms with Crippen molar-refractivity contribution in [1.29, 1.82) is 0 Å². The maximum absolute atomic E-state index is 13.3. The Morgan fingerprint density at radius 3 is 2.58 bits per heavy atom. The van der Waals surface area contributed by atoms with Crippen molar-refractivity contribution in [2.24, 2.45) is 0 Å². The lowest BCUT2D eigenvalue weighted by atomic mass is 10.1. The summed E-state index contributed by atoms with van der Waals surface area (Å²) < 4.78 is 14.7. The van der Waals surface area contributed by atoms with Crippen molar-refractivity contribution in [2.75, 3.05) is 25.7 Å². The van der Waals surface area contributed by atoms with Crippen LogP contribution in [0.15, 0.2) is 29.1 Å². The van der Waals surface area contributed by atoms with Crippen LogP contribution < -0.4 is 10.5 Å². The van der Waals surface area contributed by atoms with Crippen LogP contribution in [0.3, 0.4) is 0 Å². The number of quaternary nitrogens is 1. The summed E-state index contributed by atoms with van der Waals surface area (Å²) in [7, 11) is 2.86. The molecule has 1 aliphatic heterocycles. The molecule has 1 atom stereocenters. The van der Waals surface area contributed by atoms with Crippen molar-refractivity contribution in [2.45, 2.75) is 32.7 Å². The Morgan fingerprint density at radius 1 is 1.26 bits per heavy atom. The topological polar surface area (TPSA) is 103 Å². The Labute approximate surface area is 177 Å². The lowest BCUT2D eigenvalue weighted by molar-refractivity contribution is -0.776. The summed E-state index contributed by atoms with van der Waals surface area (Å²) in [5.74, 6) is -1.13. The van der Waals surface area contributed by atoms with Gasteiger partial charge >= 0.3 is 5.91 Å². The second-order valence-corrected chi connectivity index (χ2v) is 8.09. The number of carbonyl (C=O) groups excluding carboxylic acids is 1. The van der Waals surface area contributed by atoms with Crippen molar-refractivity contribution < 1.29 is 18.9 Å². The van der Waals surface area contributed by atoms with E-state index < -0.39 is 21.9 Å². The Morgan fingerprint density at radius 2 is 1.94 bits per heavy atom. The molecule has 10 heteroatoms. The van der Waals surface area contributed by atoms with E-state index in [1.54, 1.807) is 19.2 Å². The molecule has 0 spiro atoms. The number of amides is 1. The van der Waals surface area contributed by atoms with Gasteiger partial charge in [-0.15, -0.1) is 0 Å². The summed E-state index contributed by atoms with van der Waals surface area (Å²) in [5, 5.41) is 23.7. The fraction of sp³-hybridized carbons (Fsp3) is 0.381. The molecule has 1 aromatic carbocycles. The maximum atomic E-state index is 13.3. The molecule has 0 bridgehead atoms. The summed E-state index contributed by atoms with van der Waals surface area (Å²) in [5.41, 5.74) is 0.178. The number of nitrogens with zero attached hydrogens (tertiary/aromatic N) is 5. The van der Waals surface area contributed by atoms with Gasteiger partial charge in [0.05, 0.1) is 19.2 Å². The summed E-state index contributed by atoms with van der Waals surface area (Å²) in [6.07, 6.45) is 1.76. The average Bonchev–Trinajstić information content (AvgIpc) is 3.12. The monoisotopic (exact) mass is 429 g/mol. The molecule has 2 aromatic heterocycles. The van der Waals surface area contributed by atoms with Gasteiger partial charge in [0.25, 0.3) is 5.56 Å². The molecule has 1 unspecified atom stereocenters. The zero-order valence-corrected chi connectivity index (χ0v) is 17.6. The predicted molar refractivity (Wildman–Crippen MR) is 112 cm³/mol. The quantitative estimate of drug-likeness (QED) is 0.493. The number of hydrogen-bond donors (Lipinski definition) is 1. The standard InChI is InChI=1S/C21H24FN5O4/c1-4-5-6-15-18(28)25(11-13-7-9-14(22)10-8-13)21-23-17-16(26(21)19(15)29)20(30)27(3,31)12-24(17)2/h7-10,28H,4-6,11-12H2,1-3H3.